The zero-order valence-electron chi connectivity index (χ0n) is 57.2. The Balaban J connectivity index is 4.05. The maximum Gasteiger partial charge on any atom is 0.472 e. The molecule has 0 aromatic heterocycles. The molecule has 3 N–H and O–H groups in total. The van der Waals surface area contributed by atoms with Gasteiger partial charge < -0.3 is 19.8 Å². The van der Waals surface area contributed by atoms with Crippen molar-refractivity contribution in [3.05, 3.63) is 36.5 Å². The second-order valence-electron chi connectivity index (χ2n) is 27.0. The van der Waals surface area contributed by atoms with Crippen LogP contribution in [-0.4, -0.2) is 73.4 Å². The summed E-state index contributed by atoms with van der Waals surface area (Å²) < 4.78 is 23.8. The Kier molecular flexibility index (Phi) is 65.1. The molecule has 0 aliphatic carbocycles. The molecule has 8 nitrogen and oxygen atoms in total. The summed E-state index contributed by atoms with van der Waals surface area (Å²) in [5.41, 5.74) is 0. The van der Waals surface area contributed by atoms with Crippen molar-refractivity contribution in [2.45, 2.75) is 398 Å². The third kappa shape index (κ3) is 68.2. The van der Waals surface area contributed by atoms with Crippen molar-refractivity contribution < 1.29 is 32.9 Å². The number of carbonyl (C=O) groups is 1. The van der Waals surface area contributed by atoms with Gasteiger partial charge in [-0.25, -0.2) is 4.57 Å². The Morgan fingerprint density at radius 2 is 0.655 bits per heavy atom. The van der Waals surface area contributed by atoms with E-state index >= 15 is 0 Å². The topological polar surface area (TPSA) is 105 Å². The van der Waals surface area contributed by atoms with Crippen molar-refractivity contribution >= 4 is 13.7 Å². The number of hydrogen-bond acceptors (Lipinski definition) is 5. The van der Waals surface area contributed by atoms with Crippen molar-refractivity contribution in [2.24, 2.45) is 0 Å². The molecule has 0 fully saturated rings. The van der Waals surface area contributed by atoms with Gasteiger partial charge in [0, 0.05) is 6.42 Å². The number of phosphoric acid groups is 1. The van der Waals surface area contributed by atoms with Gasteiger partial charge in [-0.1, -0.05) is 371 Å². The lowest BCUT2D eigenvalue weighted by molar-refractivity contribution is -0.870. The molecular formula is C75H148N2O6P+. The van der Waals surface area contributed by atoms with Crippen LogP contribution in [0.3, 0.4) is 0 Å². The van der Waals surface area contributed by atoms with Crippen molar-refractivity contribution in [1.29, 1.82) is 0 Å². The number of carbonyl (C=O) groups excluding carboxylic acids is 1. The van der Waals surface area contributed by atoms with Crippen LogP contribution in [-0.2, 0) is 18.4 Å². The van der Waals surface area contributed by atoms with Gasteiger partial charge in [0.2, 0.25) is 5.91 Å². The first-order valence-corrected chi connectivity index (χ1v) is 38.9. The molecule has 0 saturated heterocycles. The summed E-state index contributed by atoms with van der Waals surface area (Å²) in [6, 6.07) is -0.870. The zero-order chi connectivity index (χ0) is 61.2. The number of unbranched alkanes of at least 4 members (excludes halogenated alkanes) is 53. The van der Waals surface area contributed by atoms with E-state index in [0.29, 0.717) is 17.4 Å². The van der Waals surface area contributed by atoms with Crippen LogP contribution in [0.2, 0.25) is 0 Å². The number of nitrogens with zero attached hydrogens (tertiary/aromatic N) is 1. The number of hydrogen-bond donors (Lipinski definition) is 3. The van der Waals surface area contributed by atoms with Crippen LogP contribution in [0, 0.1) is 0 Å². The van der Waals surface area contributed by atoms with Gasteiger partial charge in [-0.3, -0.25) is 13.8 Å². The molecule has 0 aliphatic rings. The highest BCUT2D eigenvalue weighted by Crippen LogP contribution is 2.43. The fraction of sp³-hybridized carbons (Fsp3) is 0.907. The minimum atomic E-state index is -4.37. The highest BCUT2D eigenvalue weighted by Gasteiger charge is 2.28. The second kappa shape index (κ2) is 66.1. The normalized spacial score (nSPS) is 13.8. The van der Waals surface area contributed by atoms with E-state index in [9.17, 15) is 19.4 Å². The highest BCUT2D eigenvalue weighted by atomic mass is 31.2. The van der Waals surface area contributed by atoms with E-state index in [1.807, 2.05) is 27.2 Å². The summed E-state index contributed by atoms with van der Waals surface area (Å²) in [6.45, 7) is 4.85. The highest BCUT2D eigenvalue weighted by molar-refractivity contribution is 7.47. The summed E-state index contributed by atoms with van der Waals surface area (Å²) in [6.07, 6.45) is 89.0. The van der Waals surface area contributed by atoms with Gasteiger partial charge >= 0.3 is 7.82 Å². The largest absolute Gasteiger partial charge is 0.472 e. The van der Waals surface area contributed by atoms with Crippen LogP contribution in [0.4, 0.5) is 0 Å². The van der Waals surface area contributed by atoms with Gasteiger partial charge in [-0.05, 0) is 44.9 Å². The van der Waals surface area contributed by atoms with Crippen LogP contribution >= 0.6 is 7.82 Å². The van der Waals surface area contributed by atoms with E-state index in [2.05, 4.69) is 43.5 Å². The Hall–Kier alpha value is -1.28. The standard InChI is InChI=1S/C75H147N2O6P/c1-6-8-10-12-14-16-18-20-22-24-26-28-30-32-34-36-38-40-42-44-46-48-50-52-54-56-58-60-62-64-66-68-74(78)73(72-83-84(80,81)82-71-70-77(3,4)5)76-75(79)69-67-65-63-61-59-57-55-53-51-49-47-45-43-41-39-37-35-33-31-29-27-25-23-21-19-17-15-13-11-9-7-2/h50,52,58,60,66,68,73-74,78H,6-49,51,53-57,59,61-65,67,69-72H2,1-5H3,(H-,76,79,80,81)/p+1/b52-50+,60-58+,68-66+. The summed E-state index contributed by atoms with van der Waals surface area (Å²) >= 11 is 0. The second-order valence-corrected chi connectivity index (χ2v) is 28.5. The van der Waals surface area contributed by atoms with Crippen molar-refractivity contribution in [3.63, 3.8) is 0 Å². The van der Waals surface area contributed by atoms with Crippen LogP contribution in [0.5, 0.6) is 0 Å². The number of likely N-dealkylation sites (N-methyl/N-ethyl adjacent to an activating group) is 1. The molecule has 0 spiro atoms. The third-order valence-electron chi connectivity index (χ3n) is 17.3. The number of nitrogens with one attached hydrogen (secondary N) is 1. The molecule has 1 amide bonds. The molecule has 0 aromatic rings. The maximum atomic E-state index is 13.1. The van der Waals surface area contributed by atoms with E-state index in [1.165, 1.54) is 321 Å². The van der Waals surface area contributed by atoms with E-state index in [4.69, 9.17) is 9.05 Å². The number of aliphatic hydroxyl groups is 1. The lowest BCUT2D eigenvalue weighted by Crippen LogP contribution is -2.45. The molecule has 0 rings (SSSR count). The molecule has 9 heteroatoms. The quantitative estimate of drug-likeness (QED) is 0.0243. The predicted octanol–water partition coefficient (Wildman–Crippen LogP) is 24.0. The van der Waals surface area contributed by atoms with Crippen LogP contribution in [0.25, 0.3) is 0 Å². The molecule has 84 heavy (non-hydrogen) atoms. The summed E-state index contributed by atoms with van der Waals surface area (Å²) in [4.78, 5) is 23.4. The van der Waals surface area contributed by atoms with Gasteiger partial charge in [0.05, 0.1) is 39.9 Å². The number of quaternary nitrogens is 1. The van der Waals surface area contributed by atoms with Gasteiger partial charge in [0.1, 0.15) is 13.2 Å². The Labute approximate surface area is 525 Å². The van der Waals surface area contributed by atoms with E-state index in [1.54, 1.807) is 6.08 Å². The molecule has 0 aromatic carbocycles. The Morgan fingerprint density at radius 3 is 0.952 bits per heavy atom. The maximum absolute atomic E-state index is 13.1. The molecule has 498 valence electrons. The minimum absolute atomic E-state index is 0.0555. The lowest BCUT2D eigenvalue weighted by atomic mass is 10.0. The van der Waals surface area contributed by atoms with Crippen molar-refractivity contribution in [3.8, 4) is 0 Å². The number of amides is 1. The summed E-state index contributed by atoms with van der Waals surface area (Å²) in [5, 5.41) is 14.0. The molecule has 3 unspecified atom stereocenters. The fourth-order valence-corrected chi connectivity index (χ4v) is 12.3. The minimum Gasteiger partial charge on any atom is -0.387 e. The van der Waals surface area contributed by atoms with Gasteiger partial charge in [-0.15, -0.1) is 0 Å². The first-order valence-electron chi connectivity index (χ1n) is 37.4. The van der Waals surface area contributed by atoms with E-state index in [0.717, 1.165) is 44.9 Å². The molecule has 0 heterocycles. The molecular weight excluding hydrogens is 1060 g/mol. The van der Waals surface area contributed by atoms with Crippen LogP contribution < -0.4 is 5.32 Å². The number of allylic oxidation sites excluding steroid dienone is 5. The fourth-order valence-electron chi connectivity index (χ4n) is 11.6. The molecule has 0 saturated carbocycles. The SMILES string of the molecule is CCCCCCCCCCCCCCCCCCCCCCC/C=C/CC/C=C/CC/C=C/C(O)C(COP(=O)(O)OCC[N+](C)(C)C)NC(=O)CCCCCCCCCCCCCCCCCCCCCCCCCCCCCCCCC. The van der Waals surface area contributed by atoms with Crippen LogP contribution in [0.1, 0.15) is 386 Å². The van der Waals surface area contributed by atoms with Gasteiger partial charge in [0.25, 0.3) is 0 Å². The number of aliphatic hydroxyl groups excluding tert-OH is 1. The smallest absolute Gasteiger partial charge is 0.387 e. The molecule has 0 bridgehead atoms. The number of rotatable bonds is 70. The zero-order valence-corrected chi connectivity index (χ0v) is 58.1. The summed E-state index contributed by atoms with van der Waals surface area (Å²) in [7, 11) is 1.56. The lowest BCUT2D eigenvalue weighted by Gasteiger charge is -2.25. The average molecular weight is 1200 g/mol. The first-order chi connectivity index (χ1) is 41.0. The first kappa shape index (κ1) is 82.7. The molecule has 3 atom stereocenters. The third-order valence-corrected chi connectivity index (χ3v) is 18.3. The Bertz CT molecular complexity index is 1460. The van der Waals surface area contributed by atoms with Crippen LogP contribution in [0.15, 0.2) is 36.5 Å². The molecule has 0 radical (unpaired) electrons. The van der Waals surface area contributed by atoms with E-state index < -0.39 is 20.0 Å². The number of phosphoric ester groups is 1. The van der Waals surface area contributed by atoms with Gasteiger partial charge in [-0.2, -0.15) is 0 Å². The Morgan fingerprint density at radius 1 is 0.393 bits per heavy atom. The summed E-state index contributed by atoms with van der Waals surface area (Å²) in [5.74, 6) is -0.182. The monoisotopic (exact) mass is 1200 g/mol. The van der Waals surface area contributed by atoms with Gasteiger partial charge in [0.15, 0.2) is 0 Å². The average Bonchev–Trinajstić information content (AvgIpc) is 3.56. The van der Waals surface area contributed by atoms with Crippen molar-refractivity contribution in [1.82, 2.24) is 5.32 Å². The predicted molar refractivity (Wildman–Crippen MR) is 369 cm³/mol. The molecule has 0 aliphatic heterocycles. The van der Waals surface area contributed by atoms with Crippen molar-refractivity contribution in [2.75, 3.05) is 40.9 Å². The van der Waals surface area contributed by atoms with E-state index in [-0.39, 0.29) is 19.1 Å².